The number of ether oxygens (including phenoxy) is 1. The van der Waals surface area contributed by atoms with Gasteiger partial charge >= 0.3 is 5.97 Å². The van der Waals surface area contributed by atoms with Crippen LogP contribution in [-0.2, 0) is 9.53 Å². The fraction of sp³-hybridized carbons (Fsp3) is 0.889. The van der Waals surface area contributed by atoms with Crippen molar-refractivity contribution in [3.05, 3.63) is 0 Å². The maximum absolute atomic E-state index is 11.1. The van der Waals surface area contributed by atoms with E-state index in [1.807, 2.05) is 6.92 Å². The van der Waals surface area contributed by atoms with Crippen LogP contribution in [-0.4, -0.2) is 23.3 Å². The first-order chi connectivity index (χ1) is 5.49. The van der Waals surface area contributed by atoms with E-state index in [2.05, 4.69) is 0 Å². The number of rotatable bonds is 4. The van der Waals surface area contributed by atoms with Gasteiger partial charge in [0.2, 0.25) is 0 Å². The van der Waals surface area contributed by atoms with E-state index in [9.17, 15) is 4.79 Å². The van der Waals surface area contributed by atoms with Gasteiger partial charge in [0.15, 0.2) is 0 Å². The molecule has 0 aliphatic rings. The molecule has 0 amide bonds. The van der Waals surface area contributed by atoms with E-state index in [0.717, 1.165) is 0 Å². The third-order valence-corrected chi connectivity index (χ3v) is 1.68. The van der Waals surface area contributed by atoms with Crippen LogP contribution in [0.4, 0.5) is 0 Å². The van der Waals surface area contributed by atoms with E-state index in [1.165, 1.54) is 0 Å². The van der Waals surface area contributed by atoms with Crippen LogP contribution >= 0.6 is 0 Å². The smallest absolute Gasteiger partial charge is 0.308 e. The summed E-state index contributed by atoms with van der Waals surface area (Å²) in [6, 6.07) is 0. The molecule has 0 aliphatic heterocycles. The summed E-state index contributed by atoms with van der Waals surface area (Å²) in [5.74, 6) is -0.374. The lowest BCUT2D eigenvalue weighted by atomic mass is 10.1. The van der Waals surface area contributed by atoms with Crippen LogP contribution in [0.5, 0.6) is 0 Å². The minimum absolute atomic E-state index is 0.127. The number of aliphatic hydroxyl groups excluding tert-OH is 1. The molecule has 3 heteroatoms. The van der Waals surface area contributed by atoms with E-state index in [4.69, 9.17) is 9.84 Å². The Hall–Kier alpha value is -0.570. The van der Waals surface area contributed by atoms with Crippen LogP contribution in [0.25, 0.3) is 0 Å². The summed E-state index contributed by atoms with van der Waals surface area (Å²) in [5.41, 5.74) is 0. The van der Waals surface area contributed by atoms with Gasteiger partial charge in [0.1, 0.15) is 6.10 Å². The second-order valence-electron chi connectivity index (χ2n) is 3.28. The van der Waals surface area contributed by atoms with Gasteiger partial charge in [0, 0.05) is 0 Å². The fourth-order valence-electron chi connectivity index (χ4n) is 0.808. The van der Waals surface area contributed by atoms with Gasteiger partial charge in [0.05, 0.1) is 12.0 Å². The molecule has 0 saturated carbocycles. The molecule has 72 valence electrons. The van der Waals surface area contributed by atoms with Gasteiger partial charge in [-0.25, -0.2) is 0 Å². The summed E-state index contributed by atoms with van der Waals surface area (Å²) in [6.45, 7) is 7.06. The number of hydrogen-bond donors (Lipinski definition) is 1. The van der Waals surface area contributed by atoms with Crippen molar-refractivity contribution >= 4 is 5.97 Å². The summed E-state index contributed by atoms with van der Waals surface area (Å²) < 4.78 is 5.03. The molecule has 0 aromatic carbocycles. The van der Waals surface area contributed by atoms with Crippen LogP contribution in [0, 0.1) is 5.92 Å². The van der Waals surface area contributed by atoms with Crippen molar-refractivity contribution in [2.24, 2.45) is 5.92 Å². The van der Waals surface area contributed by atoms with Crippen LogP contribution < -0.4 is 0 Å². The topological polar surface area (TPSA) is 46.5 Å². The minimum atomic E-state index is -0.585. The lowest BCUT2D eigenvalue weighted by Crippen LogP contribution is -2.30. The third kappa shape index (κ3) is 3.72. The summed E-state index contributed by atoms with van der Waals surface area (Å²) >= 11 is 0. The number of carbonyl (C=O) groups is 1. The van der Waals surface area contributed by atoms with E-state index in [0.29, 0.717) is 6.42 Å². The van der Waals surface area contributed by atoms with Crippen LogP contribution in [0.3, 0.4) is 0 Å². The molecule has 0 spiro atoms. The second kappa shape index (κ2) is 5.14. The van der Waals surface area contributed by atoms with Crippen molar-refractivity contribution in [3.8, 4) is 0 Å². The standard InChI is InChI=1S/C9H18O3/c1-5-8(7(4)10)12-9(11)6(2)3/h6-8,10H,5H2,1-4H3. The maximum Gasteiger partial charge on any atom is 0.308 e. The van der Waals surface area contributed by atoms with Crippen molar-refractivity contribution in [3.63, 3.8) is 0 Å². The molecule has 0 radical (unpaired) electrons. The number of aliphatic hydroxyl groups is 1. The maximum atomic E-state index is 11.1. The van der Waals surface area contributed by atoms with Crippen molar-refractivity contribution in [1.82, 2.24) is 0 Å². The Morgan fingerprint density at radius 3 is 2.17 bits per heavy atom. The van der Waals surface area contributed by atoms with Crippen molar-refractivity contribution in [2.45, 2.75) is 46.3 Å². The van der Waals surface area contributed by atoms with E-state index in [-0.39, 0.29) is 18.0 Å². The summed E-state index contributed by atoms with van der Waals surface area (Å²) in [6.07, 6.45) is -0.298. The number of esters is 1. The summed E-state index contributed by atoms with van der Waals surface area (Å²) in [4.78, 5) is 11.1. The minimum Gasteiger partial charge on any atom is -0.459 e. The van der Waals surface area contributed by atoms with Gasteiger partial charge in [0.25, 0.3) is 0 Å². The Labute approximate surface area is 73.7 Å². The monoisotopic (exact) mass is 174 g/mol. The highest BCUT2D eigenvalue weighted by Gasteiger charge is 2.19. The van der Waals surface area contributed by atoms with Crippen molar-refractivity contribution in [1.29, 1.82) is 0 Å². The normalized spacial score (nSPS) is 15.8. The summed E-state index contributed by atoms with van der Waals surface area (Å²) in [7, 11) is 0. The molecule has 0 aromatic rings. The highest BCUT2D eigenvalue weighted by molar-refractivity contribution is 5.71. The zero-order valence-corrected chi connectivity index (χ0v) is 8.20. The van der Waals surface area contributed by atoms with Gasteiger partial charge < -0.3 is 9.84 Å². The molecule has 2 atom stereocenters. The fourth-order valence-corrected chi connectivity index (χ4v) is 0.808. The lowest BCUT2D eigenvalue weighted by Gasteiger charge is -2.19. The van der Waals surface area contributed by atoms with Crippen LogP contribution in [0.2, 0.25) is 0 Å². The van der Waals surface area contributed by atoms with Gasteiger partial charge in [-0.3, -0.25) is 4.79 Å². The molecular weight excluding hydrogens is 156 g/mol. The predicted octanol–water partition coefficient (Wildman–Crippen LogP) is 1.34. The SMILES string of the molecule is CCC(OC(=O)C(C)C)C(C)O. The molecule has 1 N–H and O–H groups in total. The Kier molecular flexibility index (Phi) is 4.90. The molecule has 12 heavy (non-hydrogen) atoms. The van der Waals surface area contributed by atoms with Gasteiger partial charge in [-0.15, -0.1) is 0 Å². The van der Waals surface area contributed by atoms with Crippen molar-refractivity contribution < 1.29 is 14.6 Å². The predicted molar refractivity (Wildman–Crippen MR) is 46.7 cm³/mol. The zero-order chi connectivity index (χ0) is 9.72. The molecule has 0 aliphatic carbocycles. The Balaban J connectivity index is 3.94. The van der Waals surface area contributed by atoms with Crippen LogP contribution in [0.15, 0.2) is 0 Å². The van der Waals surface area contributed by atoms with Gasteiger partial charge in [-0.05, 0) is 13.3 Å². The van der Waals surface area contributed by atoms with Crippen molar-refractivity contribution in [2.75, 3.05) is 0 Å². The molecule has 0 saturated heterocycles. The van der Waals surface area contributed by atoms with Gasteiger partial charge in [-0.2, -0.15) is 0 Å². The lowest BCUT2D eigenvalue weighted by molar-refractivity contribution is -0.158. The molecule has 0 fully saturated rings. The quantitative estimate of drug-likeness (QED) is 0.654. The Morgan fingerprint density at radius 1 is 1.42 bits per heavy atom. The van der Waals surface area contributed by atoms with E-state index >= 15 is 0 Å². The Morgan fingerprint density at radius 2 is 1.92 bits per heavy atom. The highest BCUT2D eigenvalue weighted by atomic mass is 16.6. The average Bonchev–Trinajstić information content (AvgIpc) is 1.98. The summed E-state index contributed by atoms with van der Waals surface area (Å²) in [5, 5.41) is 9.17. The molecule has 0 rings (SSSR count). The van der Waals surface area contributed by atoms with E-state index in [1.54, 1.807) is 20.8 Å². The molecule has 0 bridgehead atoms. The third-order valence-electron chi connectivity index (χ3n) is 1.68. The number of carbonyl (C=O) groups excluding carboxylic acids is 1. The first-order valence-electron chi connectivity index (χ1n) is 4.37. The Bertz CT molecular complexity index is 141. The largest absolute Gasteiger partial charge is 0.459 e. The molecular formula is C9H18O3. The molecule has 0 heterocycles. The van der Waals surface area contributed by atoms with E-state index < -0.39 is 6.10 Å². The first kappa shape index (κ1) is 11.4. The highest BCUT2D eigenvalue weighted by Crippen LogP contribution is 2.07. The number of hydrogen-bond acceptors (Lipinski definition) is 3. The molecule has 2 unspecified atom stereocenters. The molecule has 3 nitrogen and oxygen atoms in total. The van der Waals surface area contributed by atoms with Crippen LogP contribution in [0.1, 0.15) is 34.1 Å². The van der Waals surface area contributed by atoms with Gasteiger partial charge in [-0.1, -0.05) is 20.8 Å². The average molecular weight is 174 g/mol. The second-order valence-corrected chi connectivity index (χ2v) is 3.28. The molecule has 0 aromatic heterocycles. The first-order valence-corrected chi connectivity index (χ1v) is 4.37. The zero-order valence-electron chi connectivity index (χ0n) is 8.20.